The van der Waals surface area contributed by atoms with E-state index in [-0.39, 0.29) is 0 Å². The van der Waals surface area contributed by atoms with Crippen LogP contribution in [0.2, 0.25) is 0 Å². The molecule has 1 rings (SSSR count). The van der Waals surface area contributed by atoms with Crippen LogP contribution >= 0.6 is 0 Å². The van der Waals surface area contributed by atoms with Crippen molar-refractivity contribution in [3.05, 3.63) is 34.4 Å². The van der Waals surface area contributed by atoms with Crippen molar-refractivity contribution >= 4 is 42.9 Å². The number of aromatic carboxylic acids is 3. The minimum absolute atomic E-state index is 0.463. The van der Waals surface area contributed by atoms with E-state index >= 15 is 0 Å². The highest BCUT2D eigenvalue weighted by Gasteiger charge is 2.25. The predicted molar refractivity (Wildman–Crippen MR) is 64.2 cm³/mol. The zero-order valence-corrected chi connectivity index (χ0v) is 11.5. The molecule has 1 aromatic rings. The van der Waals surface area contributed by atoms with Crippen molar-refractivity contribution in [3.8, 4) is 0 Å². The van der Waals surface area contributed by atoms with Crippen LogP contribution in [-0.2, 0) is 4.43 Å². The second-order valence-electron chi connectivity index (χ2n) is 3.35. The smallest absolute Gasteiger partial charge is 0.336 e. The van der Waals surface area contributed by atoms with Gasteiger partial charge in [0.25, 0.3) is 9.28 Å². The highest BCUT2D eigenvalue weighted by atomic mass is 29.1. The van der Waals surface area contributed by atoms with Gasteiger partial charge < -0.3 is 19.7 Å². The Labute approximate surface area is 117 Å². The molecule has 20 heavy (non-hydrogen) atoms. The molecule has 0 bridgehead atoms. The van der Waals surface area contributed by atoms with Crippen LogP contribution in [0.4, 0.5) is 0 Å². The molecule has 0 fully saturated rings. The van der Waals surface area contributed by atoms with Gasteiger partial charge in [-0.05, 0) is 12.1 Å². The van der Waals surface area contributed by atoms with E-state index < -0.39 is 55.4 Å². The summed E-state index contributed by atoms with van der Waals surface area (Å²) in [5.74, 6) is -5.87. The van der Waals surface area contributed by atoms with E-state index in [1.54, 1.807) is 0 Å². The molecule has 0 saturated carbocycles. The van der Waals surface area contributed by atoms with Gasteiger partial charge in [-0.3, -0.25) is 0 Å². The number of carboxylic acids is 3. The third-order valence-corrected chi connectivity index (χ3v) is 2.81. The molecule has 1 aromatic carbocycles. The van der Waals surface area contributed by atoms with Gasteiger partial charge in [0, 0.05) is 0 Å². The lowest BCUT2D eigenvalue weighted by Crippen LogP contribution is -2.18. The number of hydrogen-bond acceptors (Lipinski definition) is 5. The Morgan fingerprint density at radius 3 is 1.55 bits per heavy atom. The molecule has 0 aliphatic heterocycles. The standard InChI is InChI=1S/C10H5O8Si2/c11-7(12)3-1-5(9(15)16)6(10(17)18-20-19)2-4(3)8(13)14/h1-2H,(H,11,12)(H,13,14)(H,15,16). The Bertz CT molecular complexity index is 610. The maximum atomic E-state index is 11.6. The van der Waals surface area contributed by atoms with E-state index in [1.165, 1.54) is 0 Å². The Balaban J connectivity index is 3.61. The van der Waals surface area contributed by atoms with Crippen molar-refractivity contribution in [2.75, 3.05) is 0 Å². The van der Waals surface area contributed by atoms with Crippen LogP contribution in [0.3, 0.4) is 0 Å². The first-order valence-corrected chi connectivity index (χ1v) is 7.21. The molecule has 0 heterocycles. The fraction of sp³-hybridized carbons (Fsp3) is 0. The van der Waals surface area contributed by atoms with E-state index in [4.69, 9.17) is 15.3 Å². The zero-order valence-electron chi connectivity index (χ0n) is 9.54. The monoisotopic (exact) mass is 309 g/mol. The van der Waals surface area contributed by atoms with E-state index in [0.717, 1.165) is 0 Å². The van der Waals surface area contributed by atoms with Gasteiger partial charge in [-0.15, -0.1) is 0 Å². The SMILES string of the molecule is O=C(O)c1cc(C(=O)O)c(C(=O)O[Si][Si])cc1C(=O)O. The summed E-state index contributed by atoms with van der Waals surface area (Å²) in [5.41, 5.74) is -2.62. The summed E-state index contributed by atoms with van der Waals surface area (Å²) in [5, 5.41) is 26.7. The molecule has 0 saturated heterocycles. The number of hydrogen-bond donors (Lipinski definition) is 3. The van der Waals surface area contributed by atoms with Crippen molar-refractivity contribution in [1.29, 1.82) is 0 Å². The molecule has 0 aliphatic carbocycles. The van der Waals surface area contributed by atoms with Gasteiger partial charge in [0.05, 0.1) is 32.0 Å². The number of benzene rings is 1. The van der Waals surface area contributed by atoms with Crippen molar-refractivity contribution in [2.45, 2.75) is 0 Å². The fourth-order valence-corrected chi connectivity index (χ4v) is 1.88. The zero-order chi connectivity index (χ0) is 15.4. The van der Waals surface area contributed by atoms with E-state index in [9.17, 15) is 19.2 Å². The van der Waals surface area contributed by atoms with Crippen molar-refractivity contribution in [1.82, 2.24) is 0 Å². The van der Waals surface area contributed by atoms with Crippen molar-refractivity contribution in [3.63, 3.8) is 0 Å². The maximum Gasteiger partial charge on any atom is 0.336 e. The molecule has 0 spiro atoms. The average Bonchev–Trinajstić information content (AvgIpc) is 2.36. The van der Waals surface area contributed by atoms with E-state index in [2.05, 4.69) is 14.2 Å². The summed E-state index contributed by atoms with van der Waals surface area (Å²) in [7, 11) is 2.41. The third kappa shape index (κ3) is 3.10. The molecule has 0 amide bonds. The molecule has 3 N–H and O–H groups in total. The molecule has 0 atom stereocenters. The van der Waals surface area contributed by atoms with Crippen molar-refractivity contribution in [2.24, 2.45) is 0 Å². The summed E-state index contributed by atoms with van der Waals surface area (Å²) in [6.45, 7) is 0. The van der Waals surface area contributed by atoms with Crippen LogP contribution in [0.5, 0.6) is 0 Å². The molecule has 5 radical (unpaired) electrons. The first-order valence-electron chi connectivity index (χ1n) is 4.80. The average molecular weight is 309 g/mol. The van der Waals surface area contributed by atoms with Crippen LogP contribution in [0.1, 0.15) is 41.4 Å². The lowest BCUT2D eigenvalue weighted by atomic mass is 9.98. The molecule has 0 aromatic heterocycles. The highest BCUT2D eigenvalue weighted by Crippen LogP contribution is 2.19. The topological polar surface area (TPSA) is 138 Å². The summed E-state index contributed by atoms with van der Waals surface area (Å²) in [6, 6.07) is 1.28. The molecule has 10 heteroatoms. The minimum Gasteiger partial charge on any atom is -0.518 e. The first kappa shape index (κ1) is 15.6. The number of rotatable bonds is 5. The van der Waals surface area contributed by atoms with Gasteiger partial charge in [0.15, 0.2) is 0 Å². The number of carboxylic acid groups (broad SMARTS) is 3. The summed E-state index contributed by atoms with van der Waals surface area (Å²) in [6.07, 6.45) is 0. The summed E-state index contributed by atoms with van der Waals surface area (Å²) >= 11 is 0. The third-order valence-electron chi connectivity index (χ3n) is 2.21. The molecule has 0 unspecified atom stereocenters. The summed E-state index contributed by atoms with van der Waals surface area (Å²) < 4.78 is 4.55. The molecule has 101 valence electrons. The van der Waals surface area contributed by atoms with Crippen molar-refractivity contribution < 1.29 is 38.9 Å². The lowest BCUT2D eigenvalue weighted by molar-refractivity contribution is 0.0644. The normalized spacial score (nSPS) is 9.85. The first-order chi connectivity index (χ1) is 9.29. The Morgan fingerprint density at radius 2 is 1.20 bits per heavy atom. The Hall–Kier alpha value is -2.47. The van der Waals surface area contributed by atoms with Crippen LogP contribution < -0.4 is 0 Å². The fourth-order valence-electron chi connectivity index (χ4n) is 1.40. The largest absolute Gasteiger partial charge is 0.518 e. The van der Waals surface area contributed by atoms with Gasteiger partial charge in [-0.1, -0.05) is 0 Å². The Kier molecular flexibility index (Phi) is 4.77. The number of carbonyl (C=O) groups is 4. The molecule has 0 aliphatic rings. The highest BCUT2D eigenvalue weighted by molar-refractivity contribution is 6.86. The van der Waals surface area contributed by atoms with Crippen LogP contribution in [-0.4, -0.2) is 58.2 Å². The maximum absolute atomic E-state index is 11.6. The van der Waals surface area contributed by atoms with Gasteiger partial charge >= 0.3 is 23.9 Å². The minimum atomic E-state index is -1.62. The predicted octanol–water partition coefficient (Wildman–Crippen LogP) is -0.359. The molecule has 8 nitrogen and oxygen atoms in total. The Morgan fingerprint density at radius 1 is 0.850 bits per heavy atom. The molecular formula is C10H5O8Si2. The quantitative estimate of drug-likeness (QED) is 0.627. The molecular weight excluding hydrogens is 304 g/mol. The van der Waals surface area contributed by atoms with E-state index in [0.29, 0.717) is 12.1 Å². The second kappa shape index (κ2) is 6.12. The van der Waals surface area contributed by atoms with Crippen LogP contribution in [0.15, 0.2) is 12.1 Å². The summed E-state index contributed by atoms with van der Waals surface area (Å²) in [4.78, 5) is 44.5. The van der Waals surface area contributed by atoms with Gasteiger partial charge in [0.1, 0.15) is 0 Å². The van der Waals surface area contributed by atoms with Gasteiger partial charge in [-0.2, -0.15) is 0 Å². The lowest BCUT2D eigenvalue weighted by Gasteiger charge is -2.09. The van der Waals surface area contributed by atoms with E-state index in [1.807, 2.05) is 0 Å². The second-order valence-corrected chi connectivity index (χ2v) is 4.37. The van der Waals surface area contributed by atoms with Gasteiger partial charge in [-0.25, -0.2) is 19.2 Å². The van der Waals surface area contributed by atoms with Crippen LogP contribution in [0, 0.1) is 0 Å². The van der Waals surface area contributed by atoms with Gasteiger partial charge in [0.2, 0.25) is 0 Å². The van der Waals surface area contributed by atoms with Crippen LogP contribution in [0.25, 0.3) is 0 Å². The number of carbonyl (C=O) groups excluding carboxylic acids is 1.